The summed E-state index contributed by atoms with van der Waals surface area (Å²) >= 11 is 0. The van der Waals surface area contributed by atoms with Gasteiger partial charge >= 0.3 is 0 Å². The summed E-state index contributed by atoms with van der Waals surface area (Å²) in [7, 11) is 0. The van der Waals surface area contributed by atoms with E-state index in [0.717, 1.165) is 48.1 Å². The molecular weight excluding hydrogens is 472 g/mol. The van der Waals surface area contributed by atoms with Gasteiger partial charge in [0.05, 0.1) is 16.5 Å². The number of nitrogens with zero attached hydrogens (tertiary/aromatic N) is 2. The Hall–Kier alpha value is -3.87. The molecule has 0 aliphatic heterocycles. The molecule has 4 aromatic rings. The normalized spacial score (nSPS) is 16.0. The standard InChI is InChI=1S/C30H29F2N3O2/c1-30(29(33)37,18-19-8-3-2-4-9-19)21-11-7-10-20(16-21)27-23-12-5-6-13-24(23)28(36)35(34-27)26-15-14-22(31)17-25(26)32/h5-7,10-17,19H,2-4,8-9,18H2,1H3,(H2,33,37). The van der Waals surface area contributed by atoms with Crippen LogP contribution in [0, 0.1) is 17.6 Å². The fraction of sp³-hybridized carbons (Fsp3) is 0.300. The number of hydrogen-bond acceptors (Lipinski definition) is 3. The molecular formula is C30H29F2N3O2. The molecule has 1 saturated carbocycles. The zero-order chi connectivity index (χ0) is 26.2. The van der Waals surface area contributed by atoms with Crippen LogP contribution in [0.15, 0.2) is 71.5 Å². The molecule has 1 unspecified atom stereocenters. The zero-order valence-electron chi connectivity index (χ0n) is 20.7. The summed E-state index contributed by atoms with van der Waals surface area (Å²) in [4.78, 5) is 26.1. The number of benzene rings is 3. The van der Waals surface area contributed by atoms with Crippen molar-refractivity contribution in [2.45, 2.75) is 50.9 Å². The predicted octanol–water partition coefficient (Wildman–Crippen LogP) is 6.04. The van der Waals surface area contributed by atoms with Crippen molar-refractivity contribution in [2.75, 3.05) is 0 Å². The summed E-state index contributed by atoms with van der Waals surface area (Å²) in [5, 5.41) is 5.48. The highest BCUT2D eigenvalue weighted by Crippen LogP contribution is 2.38. The fourth-order valence-electron chi connectivity index (χ4n) is 5.56. The maximum absolute atomic E-state index is 14.7. The Kier molecular flexibility index (Phi) is 6.63. The Labute approximate surface area is 213 Å². The summed E-state index contributed by atoms with van der Waals surface area (Å²) in [5.41, 5.74) is 6.34. The number of halogens is 2. The van der Waals surface area contributed by atoms with Crippen LogP contribution in [-0.4, -0.2) is 15.7 Å². The first-order valence-corrected chi connectivity index (χ1v) is 12.7. The smallest absolute Gasteiger partial charge is 0.279 e. The van der Waals surface area contributed by atoms with Gasteiger partial charge < -0.3 is 5.73 Å². The van der Waals surface area contributed by atoms with Crippen molar-refractivity contribution in [1.29, 1.82) is 0 Å². The van der Waals surface area contributed by atoms with Crippen LogP contribution in [-0.2, 0) is 10.2 Å². The van der Waals surface area contributed by atoms with Gasteiger partial charge in [0, 0.05) is 17.0 Å². The summed E-state index contributed by atoms with van der Waals surface area (Å²) in [6.45, 7) is 1.89. The highest BCUT2D eigenvalue weighted by atomic mass is 19.1. The molecule has 5 nitrogen and oxygen atoms in total. The van der Waals surface area contributed by atoms with Gasteiger partial charge in [0.2, 0.25) is 5.91 Å². The molecule has 1 heterocycles. The maximum atomic E-state index is 14.7. The summed E-state index contributed by atoms with van der Waals surface area (Å²) in [6.07, 6.45) is 6.39. The Morgan fingerprint density at radius 1 is 1.00 bits per heavy atom. The number of rotatable bonds is 6. The minimum absolute atomic E-state index is 0.145. The molecule has 1 aliphatic carbocycles. The lowest BCUT2D eigenvalue weighted by Crippen LogP contribution is -2.40. The molecule has 37 heavy (non-hydrogen) atoms. The number of hydrogen-bond donors (Lipinski definition) is 1. The summed E-state index contributed by atoms with van der Waals surface area (Å²) in [5.74, 6) is -1.59. The van der Waals surface area contributed by atoms with E-state index >= 15 is 0 Å². The van der Waals surface area contributed by atoms with Crippen molar-refractivity contribution >= 4 is 16.7 Å². The average Bonchev–Trinajstić information content (AvgIpc) is 2.90. The first kappa shape index (κ1) is 24.8. The third-order valence-corrected chi connectivity index (χ3v) is 7.68. The van der Waals surface area contributed by atoms with Crippen LogP contribution in [0.5, 0.6) is 0 Å². The van der Waals surface area contributed by atoms with Gasteiger partial charge in [0.25, 0.3) is 5.56 Å². The van der Waals surface area contributed by atoms with Gasteiger partial charge in [-0.1, -0.05) is 68.5 Å². The number of amides is 1. The third-order valence-electron chi connectivity index (χ3n) is 7.68. The molecule has 0 bridgehead atoms. The first-order valence-electron chi connectivity index (χ1n) is 12.7. The van der Waals surface area contributed by atoms with Crippen LogP contribution in [0.3, 0.4) is 0 Å². The Balaban J connectivity index is 1.67. The van der Waals surface area contributed by atoms with Gasteiger partial charge in [-0.15, -0.1) is 0 Å². The van der Waals surface area contributed by atoms with E-state index in [9.17, 15) is 18.4 Å². The topological polar surface area (TPSA) is 78.0 Å². The van der Waals surface area contributed by atoms with E-state index in [0.29, 0.717) is 34.4 Å². The lowest BCUT2D eigenvalue weighted by atomic mass is 9.71. The minimum Gasteiger partial charge on any atom is -0.369 e. The quantitative estimate of drug-likeness (QED) is 0.350. The Morgan fingerprint density at radius 3 is 2.43 bits per heavy atom. The summed E-state index contributed by atoms with van der Waals surface area (Å²) in [6, 6.07) is 17.4. The van der Waals surface area contributed by atoms with Crippen LogP contribution in [0.4, 0.5) is 8.78 Å². The van der Waals surface area contributed by atoms with Gasteiger partial charge in [-0.25, -0.2) is 8.78 Å². The molecule has 5 rings (SSSR count). The van der Waals surface area contributed by atoms with Crippen molar-refractivity contribution in [1.82, 2.24) is 9.78 Å². The monoisotopic (exact) mass is 501 g/mol. The molecule has 1 aromatic heterocycles. The van der Waals surface area contributed by atoms with E-state index in [2.05, 4.69) is 5.10 Å². The maximum Gasteiger partial charge on any atom is 0.279 e. The molecule has 2 N–H and O–H groups in total. The molecule has 0 radical (unpaired) electrons. The number of carbonyl (C=O) groups is 1. The number of carbonyl (C=O) groups excluding carboxylic acids is 1. The van der Waals surface area contributed by atoms with Crippen molar-refractivity contribution in [3.8, 4) is 16.9 Å². The van der Waals surface area contributed by atoms with Gasteiger partial charge in [-0.2, -0.15) is 9.78 Å². The van der Waals surface area contributed by atoms with E-state index in [-0.39, 0.29) is 11.6 Å². The van der Waals surface area contributed by atoms with E-state index < -0.39 is 22.6 Å². The van der Waals surface area contributed by atoms with Crippen molar-refractivity contribution in [2.24, 2.45) is 11.7 Å². The lowest BCUT2D eigenvalue weighted by Gasteiger charge is -2.33. The first-order chi connectivity index (χ1) is 17.8. The second kappa shape index (κ2) is 9.88. The molecule has 0 spiro atoms. The molecule has 3 aromatic carbocycles. The molecule has 1 amide bonds. The largest absolute Gasteiger partial charge is 0.369 e. The molecule has 1 fully saturated rings. The van der Waals surface area contributed by atoms with Gasteiger partial charge in [-0.3, -0.25) is 9.59 Å². The van der Waals surface area contributed by atoms with Crippen molar-refractivity contribution in [3.05, 3.63) is 94.3 Å². The van der Waals surface area contributed by atoms with E-state index in [1.54, 1.807) is 24.3 Å². The van der Waals surface area contributed by atoms with Crippen LogP contribution in [0.1, 0.15) is 51.0 Å². The number of primary amides is 1. The highest BCUT2D eigenvalue weighted by molar-refractivity contribution is 5.94. The van der Waals surface area contributed by atoms with Gasteiger partial charge in [0.1, 0.15) is 11.5 Å². The zero-order valence-corrected chi connectivity index (χ0v) is 20.7. The van der Waals surface area contributed by atoms with Gasteiger partial charge in [-0.05, 0) is 49.1 Å². The van der Waals surface area contributed by atoms with Crippen molar-refractivity contribution in [3.63, 3.8) is 0 Å². The predicted molar refractivity (Wildman–Crippen MR) is 140 cm³/mol. The van der Waals surface area contributed by atoms with E-state index in [1.807, 2.05) is 31.2 Å². The summed E-state index contributed by atoms with van der Waals surface area (Å²) < 4.78 is 29.2. The molecule has 7 heteroatoms. The lowest BCUT2D eigenvalue weighted by molar-refractivity contribution is -0.123. The van der Waals surface area contributed by atoms with Gasteiger partial charge in [0.15, 0.2) is 5.82 Å². The van der Waals surface area contributed by atoms with Crippen LogP contribution in [0.2, 0.25) is 0 Å². The second-order valence-electron chi connectivity index (χ2n) is 10.2. The van der Waals surface area contributed by atoms with E-state index in [1.165, 1.54) is 12.5 Å². The fourth-order valence-corrected chi connectivity index (χ4v) is 5.56. The SMILES string of the molecule is CC(CC1CCCCC1)(C(N)=O)c1cccc(-c2nn(-c3ccc(F)cc3F)c(=O)c3ccccc23)c1. The third kappa shape index (κ3) is 4.66. The molecule has 190 valence electrons. The minimum atomic E-state index is -0.890. The van der Waals surface area contributed by atoms with E-state index in [4.69, 9.17) is 5.73 Å². The molecule has 1 aliphatic rings. The molecule has 1 atom stereocenters. The number of nitrogens with two attached hydrogens (primary N) is 1. The highest BCUT2D eigenvalue weighted by Gasteiger charge is 2.36. The number of aromatic nitrogens is 2. The average molecular weight is 502 g/mol. The number of fused-ring (bicyclic) bond motifs is 1. The van der Waals surface area contributed by atoms with Crippen LogP contribution < -0.4 is 11.3 Å². The van der Waals surface area contributed by atoms with Crippen LogP contribution in [0.25, 0.3) is 27.7 Å². The molecule has 0 saturated heterocycles. The Morgan fingerprint density at radius 2 is 1.73 bits per heavy atom. The Bertz CT molecular complexity index is 1540. The second-order valence-corrected chi connectivity index (χ2v) is 10.2. The van der Waals surface area contributed by atoms with Crippen molar-refractivity contribution < 1.29 is 13.6 Å². The van der Waals surface area contributed by atoms with Crippen LogP contribution >= 0.6 is 0 Å².